The number of carbonyl (C=O) groups excluding carboxylic acids is 2. The first-order chi connectivity index (χ1) is 12.0. The Labute approximate surface area is 152 Å². The molecule has 0 fully saturated rings. The number of rotatable bonds is 5. The monoisotopic (exact) mass is 355 g/mol. The fourth-order valence-corrected chi connectivity index (χ4v) is 2.38. The van der Waals surface area contributed by atoms with E-state index < -0.39 is 0 Å². The molecule has 0 heterocycles. The molecule has 0 aliphatic carbocycles. The first-order valence-electron chi connectivity index (χ1n) is 8.07. The van der Waals surface area contributed by atoms with Crippen molar-refractivity contribution in [1.82, 2.24) is 10.6 Å². The fourth-order valence-electron chi connectivity index (χ4n) is 2.17. The van der Waals surface area contributed by atoms with Crippen molar-refractivity contribution in [3.05, 3.63) is 65.2 Å². The summed E-state index contributed by atoms with van der Waals surface area (Å²) in [5, 5.41) is 8.59. The Morgan fingerprint density at radius 1 is 1.00 bits per heavy atom. The maximum Gasteiger partial charge on any atom is 0.257 e. The van der Waals surface area contributed by atoms with Crippen molar-refractivity contribution >= 4 is 34.8 Å². The van der Waals surface area contributed by atoms with Gasteiger partial charge in [0.15, 0.2) is 5.11 Å². The Bertz CT molecular complexity index is 772. The van der Waals surface area contributed by atoms with Crippen molar-refractivity contribution < 1.29 is 9.59 Å². The minimum absolute atomic E-state index is 0.108. The molecule has 0 atom stereocenters. The molecule has 2 aromatic carbocycles. The van der Waals surface area contributed by atoms with Crippen LogP contribution >= 0.6 is 12.2 Å². The van der Waals surface area contributed by atoms with Crippen LogP contribution in [0.25, 0.3) is 0 Å². The molecule has 2 aromatic rings. The number of hydrogen-bond donors (Lipinski definition) is 3. The van der Waals surface area contributed by atoms with Crippen LogP contribution in [0.2, 0.25) is 0 Å². The Morgan fingerprint density at radius 3 is 2.36 bits per heavy atom. The van der Waals surface area contributed by atoms with Gasteiger partial charge in [-0.1, -0.05) is 24.6 Å². The maximum atomic E-state index is 12.1. The summed E-state index contributed by atoms with van der Waals surface area (Å²) in [4.78, 5) is 24.0. The molecule has 0 spiro atoms. The lowest BCUT2D eigenvalue weighted by Gasteiger charge is -2.10. The number of anilines is 1. The van der Waals surface area contributed by atoms with Crippen LogP contribution in [-0.2, 0) is 0 Å². The molecule has 0 bridgehead atoms. The van der Waals surface area contributed by atoms with Crippen LogP contribution in [0.1, 0.15) is 39.6 Å². The summed E-state index contributed by atoms with van der Waals surface area (Å²) < 4.78 is 0. The molecular formula is C19H21N3O2S. The topological polar surface area (TPSA) is 70.2 Å². The highest BCUT2D eigenvalue weighted by Crippen LogP contribution is 2.10. The zero-order chi connectivity index (χ0) is 18.2. The van der Waals surface area contributed by atoms with Gasteiger partial charge in [0.25, 0.3) is 11.8 Å². The summed E-state index contributed by atoms with van der Waals surface area (Å²) in [6, 6.07) is 14.2. The van der Waals surface area contributed by atoms with Crippen molar-refractivity contribution in [2.24, 2.45) is 0 Å². The molecule has 3 N–H and O–H groups in total. The van der Waals surface area contributed by atoms with E-state index in [-0.39, 0.29) is 16.9 Å². The third kappa shape index (κ3) is 5.69. The molecule has 0 aliphatic heterocycles. The van der Waals surface area contributed by atoms with Crippen molar-refractivity contribution in [2.75, 3.05) is 11.9 Å². The standard InChI is InChI=1S/C19H21N3O2S/c1-3-11-20-17(23)14-7-9-16(10-8-14)21-19(25)22-18(24)15-6-4-5-13(2)12-15/h4-10,12H,3,11H2,1-2H3,(H,20,23)(H2,21,22,24,25). The van der Waals surface area contributed by atoms with E-state index in [4.69, 9.17) is 12.2 Å². The van der Waals surface area contributed by atoms with Crippen LogP contribution in [-0.4, -0.2) is 23.5 Å². The number of thiocarbonyl (C=S) groups is 1. The highest BCUT2D eigenvalue weighted by atomic mass is 32.1. The largest absolute Gasteiger partial charge is 0.352 e. The molecule has 25 heavy (non-hydrogen) atoms. The van der Waals surface area contributed by atoms with Crippen molar-refractivity contribution in [1.29, 1.82) is 0 Å². The normalized spacial score (nSPS) is 10.0. The van der Waals surface area contributed by atoms with Gasteiger partial charge in [0.2, 0.25) is 0 Å². The smallest absolute Gasteiger partial charge is 0.257 e. The molecule has 5 nitrogen and oxygen atoms in total. The van der Waals surface area contributed by atoms with Gasteiger partial charge in [-0.25, -0.2) is 0 Å². The Morgan fingerprint density at radius 2 is 1.72 bits per heavy atom. The third-order valence-electron chi connectivity index (χ3n) is 3.45. The summed E-state index contributed by atoms with van der Waals surface area (Å²) in [6.07, 6.45) is 0.889. The summed E-state index contributed by atoms with van der Waals surface area (Å²) in [5.41, 5.74) is 2.82. The maximum absolute atomic E-state index is 12.1. The molecule has 2 amide bonds. The number of carbonyl (C=O) groups is 2. The quantitative estimate of drug-likeness (QED) is 0.720. The Hall–Kier alpha value is -2.73. The van der Waals surface area contributed by atoms with Crippen LogP contribution in [0.15, 0.2) is 48.5 Å². The molecular weight excluding hydrogens is 334 g/mol. The van der Waals surface area contributed by atoms with Crippen LogP contribution in [0.5, 0.6) is 0 Å². The fraction of sp³-hybridized carbons (Fsp3) is 0.211. The van der Waals surface area contributed by atoms with Gasteiger partial charge in [-0.05, 0) is 62.0 Å². The minimum Gasteiger partial charge on any atom is -0.352 e. The second kappa shape index (κ2) is 8.94. The van der Waals surface area contributed by atoms with E-state index in [1.165, 1.54) is 0 Å². The molecule has 0 radical (unpaired) electrons. The zero-order valence-corrected chi connectivity index (χ0v) is 15.1. The third-order valence-corrected chi connectivity index (χ3v) is 3.65. The van der Waals surface area contributed by atoms with E-state index in [2.05, 4.69) is 16.0 Å². The lowest BCUT2D eigenvalue weighted by atomic mass is 10.1. The molecule has 0 unspecified atom stereocenters. The second-order valence-electron chi connectivity index (χ2n) is 5.61. The van der Waals surface area contributed by atoms with E-state index in [1.807, 2.05) is 26.0 Å². The predicted octanol–water partition coefficient (Wildman–Crippen LogP) is 3.26. The molecule has 130 valence electrons. The van der Waals surface area contributed by atoms with Crippen LogP contribution in [0.4, 0.5) is 5.69 Å². The number of nitrogens with one attached hydrogen (secondary N) is 3. The lowest BCUT2D eigenvalue weighted by Crippen LogP contribution is -2.34. The molecule has 0 aromatic heterocycles. The Kier molecular flexibility index (Phi) is 6.65. The average molecular weight is 355 g/mol. The highest BCUT2D eigenvalue weighted by Gasteiger charge is 2.09. The van der Waals surface area contributed by atoms with E-state index >= 15 is 0 Å². The van der Waals surface area contributed by atoms with E-state index in [9.17, 15) is 9.59 Å². The lowest BCUT2D eigenvalue weighted by molar-refractivity contribution is 0.0951. The molecule has 6 heteroatoms. The molecule has 0 saturated heterocycles. The van der Waals surface area contributed by atoms with Gasteiger partial charge in [0.05, 0.1) is 0 Å². The summed E-state index contributed by atoms with van der Waals surface area (Å²) in [6.45, 7) is 4.57. The van der Waals surface area contributed by atoms with E-state index in [0.717, 1.165) is 12.0 Å². The number of aryl methyl sites for hydroxylation is 1. The van der Waals surface area contributed by atoms with Gasteiger partial charge in [-0.15, -0.1) is 0 Å². The highest BCUT2D eigenvalue weighted by molar-refractivity contribution is 7.80. The SMILES string of the molecule is CCCNC(=O)c1ccc(NC(=S)NC(=O)c2cccc(C)c2)cc1. The number of amides is 2. The van der Waals surface area contributed by atoms with Crippen molar-refractivity contribution in [3.8, 4) is 0 Å². The van der Waals surface area contributed by atoms with Crippen molar-refractivity contribution in [3.63, 3.8) is 0 Å². The van der Waals surface area contributed by atoms with Crippen LogP contribution in [0.3, 0.4) is 0 Å². The van der Waals surface area contributed by atoms with Gasteiger partial charge >= 0.3 is 0 Å². The molecule has 0 saturated carbocycles. The summed E-state index contributed by atoms with van der Waals surface area (Å²) in [7, 11) is 0. The van der Waals surface area contributed by atoms with Gasteiger partial charge < -0.3 is 10.6 Å². The zero-order valence-electron chi connectivity index (χ0n) is 14.3. The van der Waals surface area contributed by atoms with Gasteiger partial charge in [0.1, 0.15) is 0 Å². The summed E-state index contributed by atoms with van der Waals surface area (Å²) in [5.74, 6) is -0.375. The first-order valence-corrected chi connectivity index (χ1v) is 8.47. The van der Waals surface area contributed by atoms with Gasteiger partial charge in [0, 0.05) is 23.4 Å². The minimum atomic E-state index is -0.267. The average Bonchev–Trinajstić information content (AvgIpc) is 2.60. The second-order valence-corrected chi connectivity index (χ2v) is 6.02. The number of hydrogen-bond acceptors (Lipinski definition) is 3. The van der Waals surface area contributed by atoms with Crippen LogP contribution < -0.4 is 16.0 Å². The summed E-state index contributed by atoms with van der Waals surface area (Å²) >= 11 is 5.16. The molecule has 2 rings (SSSR count). The molecule has 0 aliphatic rings. The first kappa shape index (κ1) is 18.6. The van der Waals surface area contributed by atoms with Gasteiger partial charge in [-0.3, -0.25) is 14.9 Å². The predicted molar refractivity (Wildman–Crippen MR) is 104 cm³/mol. The van der Waals surface area contributed by atoms with Crippen LogP contribution in [0, 0.1) is 6.92 Å². The number of benzene rings is 2. The van der Waals surface area contributed by atoms with E-state index in [0.29, 0.717) is 23.4 Å². The Balaban J connectivity index is 1.92. The van der Waals surface area contributed by atoms with Crippen molar-refractivity contribution in [2.45, 2.75) is 20.3 Å². The van der Waals surface area contributed by atoms with Gasteiger partial charge in [-0.2, -0.15) is 0 Å². The van der Waals surface area contributed by atoms with E-state index in [1.54, 1.807) is 36.4 Å².